The molecule has 0 spiro atoms. The van der Waals surface area contributed by atoms with E-state index in [1.807, 2.05) is 61.5 Å². The minimum Gasteiger partial charge on any atom is -0.354 e. The second-order valence-corrected chi connectivity index (χ2v) is 4.89. The summed E-state index contributed by atoms with van der Waals surface area (Å²) in [6.07, 6.45) is 0. The molecule has 0 saturated heterocycles. The Kier molecular flexibility index (Phi) is 3.87. The second-order valence-electron chi connectivity index (χ2n) is 4.89. The summed E-state index contributed by atoms with van der Waals surface area (Å²) in [5.41, 5.74) is 2.76. The highest BCUT2D eigenvalue weighted by molar-refractivity contribution is 5.99. The van der Waals surface area contributed by atoms with Crippen molar-refractivity contribution in [2.45, 2.75) is 6.92 Å². The van der Waals surface area contributed by atoms with Crippen LogP contribution < -0.4 is 10.6 Å². The fraction of sp³-hybridized carbons (Fsp3) is 0.0588. The van der Waals surface area contributed by atoms with Crippen LogP contribution in [0.25, 0.3) is 11.3 Å². The maximum atomic E-state index is 11.9. The number of nitrogens with zero attached hydrogens (tertiary/aromatic N) is 1. The number of aromatic nitrogens is 1. The zero-order valence-corrected chi connectivity index (χ0v) is 12.0. The van der Waals surface area contributed by atoms with Crippen LogP contribution in [0.3, 0.4) is 0 Å². The van der Waals surface area contributed by atoms with E-state index in [-0.39, 0.29) is 6.03 Å². The first kappa shape index (κ1) is 13.9. The van der Waals surface area contributed by atoms with Crippen LogP contribution in [-0.2, 0) is 0 Å². The molecule has 5 nitrogen and oxygen atoms in total. The van der Waals surface area contributed by atoms with Gasteiger partial charge in [0.05, 0.1) is 0 Å². The van der Waals surface area contributed by atoms with Gasteiger partial charge in [-0.15, -0.1) is 0 Å². The third-order valence-electron chi connectivity index (χ3n) is 3.12. The number of urea groups is 1. The third kappa shape index (κ3) is 3.32. The van der Waals surface area contributed by atoms with Gasteiger partial charge in [-0.2, -0.15) is 0 Å². The number of rotatable bonds is 3. The lowest BCUT2D eigenvalue weighted by atomic mass is 10.2. The molecule has 0 unspecified atom stereocenters. The van der Waals surface area contributed by atoms with Gasteiger partial charge in [0.1, 0.15) is 0 Å². The molecule has 0 aliphatic heterocycles. The molecular formula is C17H15N3O2. The SMILES string of the molecule is Cc1ccc(NC(=O)Nc2cc(-c3ccccc3)on2)cc1. The lowest BCUT2D eigenvalue weighted by Gasteiger charge is -2.05. The van der Waals surface area contributed by atoms with E-state index >= 15 is 0 Å². The van der Waals surface area contributed by atoms with Crippen LogP contribution in [0.4, 0.5) is 16.3 Å². The van der Waals surface area contributed by atoms with Crippen molar-refractivity contribution in [2.24, 2.45) is 0 Å². The Labute approximate surface area is 128 Å². The summed E-state index contributed by atoms with van der Waals surface area (Å²) in [7, 11) is 0. The summed E-state index contributed by atoms with van der Waals surface area (Å²) < 4.78 is 5.23. The normalized spacial score (nSPS) is 10.2. The van der Waals surface area contributed by atoms with Gasteiger partial charge in [0, 0.05) is 17.3 Å². The summed E-state index contributed by atoms with van der Waals surface area (Å²) in [5, 5.41) is 9.22. The number of hydrogen-bond donors (Lipinski definition) is 2. The number of carbonyl (C=O) groups is 1. The van der Waals surface area contributed by atoms with E-state index in [2.05, 4.69) is 15.8 Å². The number of carbonyl (C=O) groups excluding carboxylic acids is 1. The van der Waals surface area contributed by atoms with Crippen LogP contribution in [0, 0.1) is 6.92 Å². The fourth-order valence-electron chi connectivity index (χ4n) is 1.99. The monoisotopic (exact) mass is 293 g/mol. The van der Waals surface area contributed by atoms with E-state index in [4.69, 9.17) is 4.52 Å². The minimum atomic E-state index is -0.364. The molecule has 0 saturated carbocycles. The van der Waals surface area contributed by atoms with Crippen molar-refractivity contribution in [1.82, 2.24) is 5.16 Å². The molecule has 22 heavy (non-hydrogen) atoms. The molecule has 0 bridgehead atoms. The first-order valence-electron chi connectivity index (χ1n) is 6.87. The van der Waals surface area contributed by atoms with Gasteiger partial charge in [-0.1, -0.05) is 53.2 Å². The Balaban J connectivity index is 1.65. The van der Waals surface area contributed by atoms with Crippen LogP contribution in [0.5, 0.6) is 0 Å². The quantitative estimate of drug-likeness (QED) is 0.756. The number of hydrogen-bond acceptors (Lipinski definition) is 3. The van der Waals surface area contributed by atoms with Gasteiger partial charge in [-0.05, 0) is 19.1 Å². The van der Waals surface area contributed by atoms with Crippen molar-refractivity contribution >= 4 is 17.5 Å². The Morgan fingerprint density at radius 2 is 1.73 bits per heavy atom. The van der Waals surface area contributed by atoms with Crippen molar-refractivity contribution in [1.29, 1.82) is 0 Å². The molecule has 0 radical (unpaired) electrons. The number of amides is 2. The van der Waals surface area contributed by atoms with Crippen LogP contribution >= 0.6 is 0 Å². The average Bonchev–Trinajstić information content (AvgIpc) is 2.99. The van der Waals surface area contributed by atoms with E-state index in [1.54, 1.807) is 6.07 Å². The zero-order chi connectivity index (χ0) is 15.4. The molecule has 3 aromatic rings. The average molecular weight is 293 g/mol. The van der Waals surface area contributed by atoms with Crippen LogP contribution in [0.2, 0.25) is 0 Å². The molecule has 110 valence electrons. The number of nitrogens with one attached hydrogen (secondary N) is 2. The van der Waals surface area contributed by atoms with E-state index in [9.17, 15) is 4.79 Å². The van der Waals surface area contributed by atoms with Crippen LogP contribution in [0.15, 0.2) is 65.2 Å². The largest absolute Gasteiger partial charge is 0.354 e. The minimum absolute atomic E-state index is 0.364. The van der Waals surface area contributed by atoms with E-state index in [1.165, 1.54) is 0 Å². The van der Waals surface area contributed by atoms with Crippen LogP contribution in [-0.4, -0.2) is 11.2 Å². The number of aryl methyl sites for hydroxylation is 1. The zero-order valence-electron chi connectivity index (χ0n) is 12.0. The second kappa shape index (κ2) is 6.13. The van der Waals surface area contributed by atoms with E-state index in [0.29, 0.717) is 11.6 Å². The molecule has 2 aromatic carbocycles. The van der Waals surface area contributed by atoms with Crippen molar-refractivity contribution in [3.05, 3.63) is 66.2 Å². The first-order chi connectivity index (χ1) is 10.7. The Morgan fingerprint density at radius 1 is 1.00 bits per heavy atom. The standard InChI is InChI=1S/C17H15N3O2/c1-12-7-9-14(10-8-12)18-17(21)19-16-11-15(22-20-16)13-5-3-2-4-6-13/h2-11H,1H3,(H2,18,19,20,21). The maximum Gasteiger partial charge on any atom is 0.324 e. The lowest BCUT2D eigenvalue weighted by Crippen LogP contribution is -2.19. The lowest BCUT2D eigenvalue weighted by molar-refractivity contribution is 0.262. The molecule has 5 heteroatoms. The van der Waals surface area contributed by atoms with Gasteiger partial charge < -0.3 is 9.84 Å². The summed E-state index contributed by atoms with van der Waals surface area (Å²) in [6.45, 7) is 1.99. The Bertz CT molecular complexity index is 764. The predicted octanol–water partition coefficient (Wildman–Crippen LogP) is 4.29. The Hall–Kier alpha value is -3.08. The van der Waals surface area contributed by atoms with Crippen molar-refractivity contribution in [2.75, 3.05) is 10.6 Å². The summed E-state index contributed by atoms with van der Waals surface area (Å²) >= 11 is 0. The van der Waals surface area contributed by atoms with Gasteiger partial charge in [0.15, 0.2) is 11.6 Å². The molecule has 0 aliphatic rings. The molecule has 1 aromatic heterocycles. The highest BCUT2D eigenvalue weighted by atomic mass is 16.5. The van der Waals surface area contributed by atoms with Crippen molar-refractivity contribution < 1.29 is 9.32 Å². The van der Waals surface area contributed by atoms with Crippen LogP contribution in [0.1, 0.15) is 5.56 Å². The first-order valence-corrected chi connectivity index (χ1v) is 6.87. The molecule has 0 aliphatic carbocycles. The molecule has 3 rings (SSSR count). The maximum absolute atomic E-state index is 11.9. The summed E-state index contributed by atoms with van der Waals surface area (Å²) in [4.78, 5) is 11.9. The fourth-order valence-corrected chi connectivity index (χ4v) is 1.99. The summed E-state index contributed by atoms with van der Waals surface area (Å²) in [6, 6.07) is 18.4. The van der Waals surface area contributed by atoms with E-state index in [0.717, 1.165) is 16.8 Å². The molecule has 2 N–H and O–H groups in total. The molecule has 1 heterocycles. The molecular weight excluding hydrogens is 278 g/mol. The van der Waals surface area contributed by atoms with Crippen molar-refractivity contribution in [3.8, 4) is 11.3 Å². The van der Waals surface area contributed by atoms with E-state index < -0.39 is 0 Å². The summed E-state index contributed by atoms with van der Waals surface area (Å²) in [5.74, 6) is 0.967. The van der Waals surface area contributed by atoms with Gasteiger partial charge in [-0.25, -0.2) is 4.79 Å². The molecule has 2 amide bonds. The highest BCUT2D eigenvalue weighted by Gasteiger charge is 2.09. The molecule has 0 fully saturated rings. The smallest absolute Gasteiger partial charge is 0.324 e. The Morgan fingerprint density at radius 3 is 2.45 bits per heavy atom. The van der Waals surface area contributed by atoms with Gasteiger partial charge >= 0.3 is 6.03 Å². The topological polar surface area (TPSA) is 67.2 Å². The van der Waals surface area contributed by atoms with Crippen molar-refractivity contribution in [3.63, 3.8) is 0 Å². The highest BCUT2D eigenvalue weighted by Crippen LogP contribution is 2.22. The number of benzene rings is 2. The third-order valence-corrected chi connectivity index (χ3v) is 3.12. The van der Waals surface area contributed by atoms with Gasteiger partial charge in [-0.3, -0.25) is 5.32 Å². The predicted molar refractivity (Wildman–Crippen MR) is 85.8 cm³/mol. The van der Waals surface area contributed by atoms with Gasteiger partial charge in [0.2, 0.25) is 0 Å². The number of anilines is 2. The molecule has 0 atom stereocenters. The van der Waals surface area contributed by atoms with Gasteiger partial charge in [0.25, 0.3) is 0 Å².